The van der Waals surface area contributed by atoms with E-state index in [0.717, 1.165) is 24.2 Å². The summed E-state index contributed by atoms with van der Waals surface area (Å²) < 4.78 is 35.4. The highest BCUT2D eigenvalue weighted by Crippen LogP contribution is 2.34. The lowest BCUT2D eigenvalue weighted by atomic mass is 9.98. The first-order valence-electron chi connectivity index (χ1n) is 8.73. The summed E-state index contributed by atoms with van der Waals surface area (Å²) in [5, 5.41) is 0. The van der Waals surface area contributed by atoms with Crippen molar-refractivity contribution in [3.05, 3.63) is 70.3 Å². The summed E-state index contributed by atoms with van der Waals surface area (Å²) in [4.78, 5) is 22.4. The van der Waals surface area contributed by atoms with Crippen LogP contribution in [0.15, 0.2) is 41.7 Å². The Balaban J connectivity index is 1.70. The number of aromatic amines is 1. The lowest BCUT2D eigenvalue weighted by Gasteiger charge is -2.15. The van der Waals surface area contributed by atoms with Crippen molar-refractivity contribution in [1.82, 2.24) is 19.5 Å². The normalized spacial score (nSPS) is 16.7. The van der Waals surface area contributed by atoms with Crippen molar-refractivity contribution in [1.29, 1.82) is 0 Å². The Hall–Kier alpha value is -2.87. The van der Waals surface area contributed by atoms with Gasteiger partial charge in [-0.25, -0.2) is 18.7 Å². The fraction of sp³-hybridized carbons (Fsp3) is 0.316. The lowest BCUT2D eigenvalue weighted by molar-refractivity contribution is 0.193. The van der Waals surface area contributed by atoms with E-state index in [1.807, 2.05) is 4.57 Å². The molecule has 0 spiro atoms. The Kier molecular flexibility index (Phi) is 4.81. The van der Waals surface area contributed by atoms with E-state index in [1.54, 1.807) is 6.33 Å². The third kappa shape index (κ3) is 3.66. The van der Waals surface area contributed by atoms with Gasteiger partial charge in [0.2, 0.25) is 0 Å². The molecule has 1 unspecified atom stereocenters. The van der Waals surface area contributed by atoms with Crippen LogP contribution in [0.2, 0.25) is 0 Å². The molecule has 0 bridgehead atoms. The molecule has 1 atom stereocenters. The van der Waals surface area contributed by atoms with E-state index >= 15 is 0 Å². The van der Waals surface area contributed by atoms with Gasteiger partial charge in [-0.2, -0.15) is 0 Å². The number of H-pyrrole nitrogens is 1. The summed E-state index contributed by atoms with van der Waals surface area (Å²) in [5.74, 6) is -0.974. The average Bonchev–Trinajstić information content (AvgIpc) is 3.31. The molecule has 1 fully saturated rings. The number of hydrogen-bond donors (Lipinski definition) is 1. The SMILES string of the molecule is O=c1cc(CCn2cnc(-c3cc(F)ccc3F)c2C2CCOC2)nc[nH]1. The molecule has 3 aromatic rings. The van der Waals surface area contributed by atoms with Gasteiger partial charge in [-0.15, -0.1) is 0 Å². The van der Waals surface area contributed by atoms with Crippen molar-refractivity contribution in [3.8, 4) is 11.3 Å². The highest BCUT2D eigenvalue weighted by molar-refractivity contribution is 5.63. The van der Waals surface area contributed by atoms with Gasteiger partial charge in [0.25, 0.3) is 5.56 Å². The first kappa shape index (κ1) is 17.5. The number of nitrogens with one attached hydrogen (secondary N) is 1. The monoisotopic (exact) mass is 372 g/mol. The lowest BCUT2D eigenvalue weighted by Crippen LogP contribution is -2.13. The molecule has 8 heteroatoms. The predicted molar refractivity (Wildman–Crippen MR) is 94.3 cm³/mol. The van der Waals surface area contributed by atoms with E-state index in [1.165, 1.54) is 18.5 Å². The Morgan fingerprint density at radius 1 is 1.26 bits per heavy atom. The number of hydrogen-bond acceptors (Lipinski definition) is 4. The van der Waals surface area contributed by atoms with Crippen LogP contribution in [0, 0.1) is 11.6 Å². The summed E-state index contributed by atoms with van der Waals surface area (Å²) in [6, 6.07) is 4.81. The molecule has 0 saturated carbocycles. The van der Waals surface area contributed by atoms with E-state index in [0.29, 0.717) is 37.6 Å². The number of ether oxygens (including phenoxy) is 1. The van der Waals surface area contributed by atoms with Crippen LogP contribution < -0.4 is 5.56 Å². The molecule has 1 aliphatic heterocycles. The number of rotatable bonds is 5. The highest BCUT2D eigenvalue weighted by atomic mass is 19.1. The van der Waals surface area contributed by atoms with Gasteiger partial charge in [-0.3, -0.25) is 4.79 Å². The van der Waals surface area contributed by atoms with Crippen LogP contribution in [0.3, 0.4) is 0 Å². The van der Waals surface area contributed by atoms with E-state index in [2.05, 4.69) is 15.0 Å². The largest absolute Gasteiger partial charge is 0.381 e. The van der Waals surface area contributed by atoms with E-state index in [9.17, 15) is 13.6 Å². The second-order valence-electron chi connectivity index (χ2n) is 6.51. The summed E-state index contributed by atoms with van der Waals surface area (Å²) in [7, 11) is 0. The molecular formula is C19H18F2N4O2. The quantitative estimate of drug-likeness (QED) is 0.747. The van der Waals surface area contributed by atoms with Gasteiger partial charge in [0.15, 0.2) is 0 Å². The number of aryl methyl sites for hydroxylation is 2. The zero-order valence-electron chi connectivity index (χ0n) is 14.5. The fourth-order valence-electron chi connectivity index (χ4n) is 3.42. The Bertz CT molecular complexity index is 1010. The van der Waals surface area contributed by atoms with Gasteiger partial charge >= 0.3 is 0 Å². The van der Waals surface area contributed by atoms with Crippen LogP contribution in [-0.2, 0) is 17.7 Å². The average molecular weight is 372 g/mol. The minimum absolute atomic E-state index is 0.0531. The molecular weight excluding hydrogens is 354 g/mol. The number of imidazole rings is 1. The van der Waals surface area contributed by atoms with Gasteiger partial charge in [0.1, 0.15) is 11.6 Å². The molecule has 1 aromatic carbocycles. The molecule has 1 aliphatic rings. The third-order valence-electron chi connectivity index (χ3n) is 4.72. The topological polar surface area (TPSA) is 72.8 Å². The number of halogens is 2. The minimum Gasteiger partial charge on any atom is -0.381 e. The fourth-order valence-corrected chi connectivity index (χ4v) is 3.42. The molecule has 27 heavy (non-hydrogen) atoms. The second-order valence-corrected chi connectivity index (χ2v) is 6.51. The number of nitrogens with zero attached hydrogens (tertiary/aromatic N) is 3. The van der Waals surface area contributed by atoms with Crippen molar-refractivity contribution >= 4 is 0 Å². The van der Waals surface area contributed by atoms with Crippen molar-refractivity contribution in [2.45, 2.75) is 25.3 Å². The molecule has 0 amide bonds. The molecule has 1 saturated heterocycles. The van der Waals surface area contributed by atoms with Crippen molar-refractivity contribution in [3.63, 3.8) is 0 Å². The van der Waals surface area contributed by atoms with Gasteiger partial charge in [0.05, 0.1) is 30.6 Å². The van der Waals surface area contributed by atoms with E-state index in [-0.39, 0.29) is 17.0 Å². The Morgan fingerprint density at radius 3 is 2.93 bits per heavy atom. The highest BCUT2D eigenvalue weighted by Gasteiger charge is 2.27. The molecule has 4 rings (SSSR count). The van der Waals surface area contributed by atoms with Crippen LogP contribution in [-0.4, -0.2) is 32.7 Å². The van der Waals surface area contributed by atoms with Crippen LogP contribution >= 0.6 is 0 Å². The second kappa shape index (κ2) is 7.40. The first-order valence-corrected chi connectivity index (χ1v) is 8.73. The standard InChI is InChI=1S/C19H18F2N4O2/c20-13-1-2-16(21)15(7-13)18-19(12-4-6-27-9-12)25(11-24-18)5-3-14-8-17(26)23-10-22-14/h1-2,7-8,10-12H,3-6,9H2,(H,22,23,26). The van der Waals surface area contributed by atoms with Gasteiger partial charge in [-0.05, 0) is 24.6 Å². The smallest absolute Gasteiger partial charge is 0.250 e. The van der Waals surface area contributed by atoms with Gasteiger partial charge < -0.3 is 14.3 Å². The Labute approximate surface area is 153 Å². The first-order chi connectivity index (χ1) is 13.1. The summed E-state index contributed by atoms with van der Waals surface area (Å²) in [6.45, 7) is 1.65. The molecule has 3 heterocycles. The van der Waals surface area contributed by atoms with Crippen molar-refractivity contribution < 1.29 is 13.5 Å². The summed E-state index contributed by atoms with van der Waals surface area (Å²) in [6.07, 6.45) is 4.30. The zero-order chi connectivity index (χ0) is 18.8. The zero-order valence-corrected chi connectivity index (χ0v) is 14.5. The summed E-state index contributed by atoms with van der Waals surface area (Å²) >= 11 is 0. The molecule has 0 aliphatic carbocycles. The predicted octanol–water partition coefficient (Wildman–Crippen LogP) is 2.66. The van der Waals surface area contributed by atoms with E-state index in [4.69, 9.17) is 4.74 Å². The molecule has 140 valence electrons. The van der Waals surface area contributed by atoms with Crippen molar-refractivity contribution in [2.75, 3.05) is 13.2 Å². The Morgan fingerprint density at radius 2 is 2.15 bits per heavy atom. The summed E-state index contributed by atoms with van der Waals surface area (Å²) in [5.41, 5.74) is 1.84. The van der Waals surface area contributed by atoms with Gasteiger partial charge in [-0.1, -0.05) is 0 Å². The van der Waals surface area contributed by atoms with Crippen LogP contribution in [0.1, 0.15) is 23.7 Å². The number of aromatic nitrogens is 4. The van der Waals surface area contributed by atoms with E-state index < -0.39 is 11.6 Å². The number of benzene rings is 1. The molecule has 1 N–H and O–H groups in total. The maximum absolute atomic E-state index is 14.3. The van der Waals surface area contributed by atoms with Gasteiger partial charge in [0, 0.05) is 42.8 Å². The van der Waals surface area contributed by atoms with Crippen LogP contribution in [0.5, 0.6) is 0 Å². The molecule has 0 radical (unpaired) electrons. The minimum atomic E-state index is -0.516. The van der Waals surface area contributed by atoms with Crippen LogP contribution in [0.4, 0.5) is 8.78 Å². The van der Waals surface area contributed by atoms with Crippen molar-refractivity contribution in [2.24, 2.45) is 0 Å². The third-order valence-corrected chi connectivity index (χ3v) is 4.72. The molecule has 2 aromatic heterocycles. The van der Waals surface area contributed by atoms with Crippen LogP contribution in [0.25, 0.3) is 11.3 Å². The molecule has 6 nitrogen and oxygen atoms in total. The maximum Gasteiger partial charge on any atom is 0.250 e. The maximum atomic E-state index is 14.3.